The van der Waals surface area contributed by atoms with Crippen molar-refractivity contribution in [2.24, 2.45) is 5.92 Å². The quantitative estimate of drug-likeness (QED) is 0.473. The lowest BCUT2D eigenvalue weighted by Gasteiger charge is -2.20. The summed E-state index contributed by atoms with van der Waals surface area (Å²) in [6.45, 7) is 4.90. The van der Waals surface area contributed by atoms with Crippen LogP contribution in [-0.2, 0) is 9.53 Å². The minimum absolute atomic E-state index is 0.165. The molecule has 1 fully saturated rings. The molecule has 0 N–H and O–H groups in total. The lowest BCUT2D eigenvalue weighted by atomic mass is 9.95. The number of ether oxygens (including phenoxy) is 1. The van der Waals surface area contributed by atoms with Crippen molar-refractivity contribution < 1.29 is 9.53 Å². The van der Waals surface area contributed by atoms with Crippen molar-refractivity contribution in [1.82, 2.24) is 0 Å². The van der Waals surface area contributed by atoms with Gasteiger partial charge in [-0.15, -0.1) is 6.58 Å². The molecule has 0 unspecified atom stereocenters. The number of rotatable bonds is 4. The third-order valence-corrected chi connectivity index (χ3v) is 2.23. The van der Waals surface area contributed by atoms with E-state index in [0.717, 1.165) is 19.3 Å². The van der Waals surface area contributed by atoms with Crippen molar-refractivity contribution in [1.29, 1.82) is 0 Å². The number of carbonyl (C=O) groups is 1. The van der Waals surface area contributed by atoms with Crippen LogP contribution in [0.3, 0.4) is 0 Å². The highest BCUT2D eigenvalue weighted by molar-refractivity contribution is 5.81. The molecule has 68 valence electrons. The van der Waals surface area contributed by atoms with Crippen molar-refractivity contribution in [2.45, 2.75) is 25.7 Å². The number of Topliss-reactive ketones (excluding diaryl/α,β-unsaturated/α-hetero) is 1. The summed E-state index contributed by atoms with van der Waals surface area (Å²) in [5.41, 5.74) is 0. The average molecular weight is 168 g/mol. The van der Waals surface area contributed by atoms with Gasteiger partial charge in [0.15, 0.2) is 0 Å². The lowest BCUT2D eigenvalue weighted by molar-refractivity contribution is -0.130. The minimum atomic E-state index is 0.165. The lowest BCUT2D eigenvalue weighted by Crippen LogP contribution is -2.27. The standard InChI is InChI=1S/C10H16O2/c1-2-3-4-5-9-8-12-7-6-10(9)11/h2,9H,1,3-8H2/t9-/m1/s1. The van der Waals surface area contributed by atoms with Crippen LogP contribution in [0.1, 0.15) is 25.7 Å². The van der Waals surface area contributed by atoms with Crippen molar-refractivity contribution in [3.8, 4) is 0 Å². The molecular formula is C10H16O2. The number of unbranched alkanes of at least 4 members (excludes halogenated alkanes) is 1. The Morgan fingerprint density at radius 3 is 3.17 bits per heavy atom. The van der Waals surface area contributed by atoms with E-state index in [1.165, 1.54) is 0 Å². The van der Waals surface area contributed by atoms with E-state index in [4.69, 9.17) is 4.74 Å². The van der Waals surface area contributed by atoms with Gasteiger partial charge in [-0.3, -0.25) is 4.79 Å². The Labute approximate surface area is 73.6 Å². The summed E-state index contributed by atoms with van der Waals surface area (Å²) < 4.78 is 5.24. The van der Waals surface area contributed by atoms with Crippen LogP contribution < -0.4 is 0 Å². The Bertz CT molecular complexity index is 163. The van der Waals surface area contributed by atoms with Crippen LogP contribution in [0.4, 0.5) is 0 Å². The second kappa shape index (κ2) is 5.09. The molecule has 0 aromatic heterocycles. The number of carbonyl (C=O) groups excluding carboxylic acids is 1. The van der Waals surface area contributed by atoms with Gasteiger partial charge in [0.25, 0.3) is 0 Å². The first-order chi connectivity index (χ1) is 5.84. The van der Waals surface area contributed by atoms with Gasteiger partial charge in [-0.05, 0) is 19.3 Å². The molecule has 12 heavy (non-hydrogen) atoms. The highest BCUT2D eigenvalue weighted by atomic mass is 16.5. The molecule has 0 spiro atoms. The topological polar surface area (TPSA) is 26.3 Å². The van der Waals surface area contributed by atoms with Gasteiger partial charge in [-0.1, -0.05) is 6.08 Å². The number of ketones is 1. The Morgan fingerprint density at radius 2 is 2.50 bits per heavy atom. The number of hydrogen-bond acceptors (Lipinski definition) is 2. The Hall–Kier alpha value is -0.630. The fourth-order valence-corrected chi connectivity index (χ4v) is 1.45. The number of hydrogen-bond donors (Lipinski definition) is 0. The van der Waals surface area contributed by atoms with Crippen LogP contribution in [0, 0.1) is 5.92 Å². The summed E-state index contributed by atoms with van der Waals surface area (Å²) in [5, 5.41) is 0. The largest absolute Gasteiger partial charge is 0.380 e. The van der Waals surface area contributed by atoms with Crippen molar-refractivity contribution in [3.63, 3.8) is 0 Å². The zero-order valence-corrected chi connectivity index (χ0v) is 7.42. The smallest absolute Gasteiger partial charge is 0.140 e. The third kappa shape index (κ3) is 2.78. The zero-order valence-electron chi connectivity index (χ0n) is 7.42. The molecule has 2 heteroatoms. The molecule has 0 amide bonds. The monoisotopic (exact) mass is 168 g/mol. The van der Waals surface area contributed by atoms with Gasteiger partial charge in [0.1, 0.15) is 5.78 Å². The summed E-state index contributed by atoms with van der Waals surface area (Å²) in [6.07, 6.45) is 5.53. The molecule has 0 saturated carbocycles. The molecule has 0 aliphatic carbocycles. The van der Waals surface area contributed by atoms with E-state index in [9.17, 15) is 4.79 Å². The Kier molecular flexibility index (Phi) is 4.01. The van der Waals surface area contributed by atoms with Gasteiger partial charge in [-0.25, -0.2) is 0 Å². The van der Waals surface area contributed by atoms with E-state index in [1.54, 1.807) is 0 Å². The third-order valence-electron chi connectivity index (χ3n) is 2.23. The van der Waals surface area contributed by atoms with Gasteiger partial charge in [-0.2, -0.15) is 0 Å². The van der Waals surface area contributed by atoms with E-state index in [0.29, 0.717) is 25.4 Å². The van der Waals surface area contributed by atoms with Crippen molar-refractivity contribution in [3.05, 3.63) is 12.7 Å². The molecule has 0 aromatic carbocycles. The van der Waals surface area contributed by atoms with Crippen LogP contribution in [0.25, 0.3) is 0 Å². The Balaban J connectivity index is 2.20. The molecular weight excluding hydrogens is 152 g/mol. The summed E-state index contributed by atoms with van der Waals surface area (Å²) in [6, 6.07) is 0. The second-order valence-electron chi connectivity index (χ2n) is 3.21. The molecule has 1 heterocycles. The predicted molar refractivity (Wildman–Crippen MR) is 48.0 cm³/mol. The average Bonchev–Trinajstić information content (AvgIpc) is 2.09. The van der Waals surface area contributed by atoms with Gasteiger partial charge in [0.2, 0.25) is 0 Å². The molecule has 1 rings (SSSR count). The van der Waals surface area contributed by atoms with E-state index < -0.39 is 0 Å². The molecule has 1 aliphatic heterocycles. The molecule has 2 nitrogen and oxygen atoms in total. The molecule has 1 atom stereocenters. The molecule has 0 bridgehead atoms. The second-order valence-corrected chi connectivity index (χ2v) is 3.21. The van der Waals surface area contributed by atoms with E-state index in [2.05, 4.69) is 6.58 Å². The van der Waals surface area contributed by atoms with Gasteiger partial charge in [0, 0.05) is 12.3 Å². The maximum atomic E-state index is 11.3. The maximum absolute atomic E-state index is 11.3. The predicted octanol–water partition coefficient (Wildman–Crippen LogP) is 1.95. The van der Waals surface area contributed by atoms with Crippen molar-refractivity contribution in [2.75, 3.05) is 13.2 Å². The van der Waals surface area contributed by atoms with Crippen LogP contribution in [0.5, 0.6) is 0 Å². The summed E-state index contributed by atoms with van der Waals surface area (Å²) in [7, 11) is 0. The van der Waals surface area contributed by atoms with Gasteiger partial charge >= 0.3 is 0 Å². The fourth-order valence-electron chi connectivity index (χ4n) is 1.45. The molecule has 0 radical (unpaired) electrons. The van der Waals surface area contributed by atoms with Crippen LogP contribution in [0.2, 0.25) is 0 Å². The molecule has 1 saturated heterocycles. The maximum Gasteiger partial charge on any atom is 0.140 e. The van der Waals surface area contributed by atoms with Crippen LogP contribution in [-0.4, -0.2) is 19.0 Å². The van der Waals surface area contributed by atoms with Crippen LogP contribution in [0.15, 0.2) is 12.7 Å². The first-order valence-electron chi connectivity index (χ1n) is 4.56. The normalized spacial score (nSPS) is 24.0. The minimum Gasteiger partial charge on any atom is -0.380 e. The Morgan fingerprint density at radius 1 is 1.67 bits per heavy atom. The first-order valence-corrected chi connectivity index (χ1v) is 4.56. The van der Waals surface area contributed by atoms with Gasteiger partial charge < -0.3 is 4.74 Å². The molecule has 0 aromatic rings. The zero-order chi connectivity index (χ0) is 8.81. The van der Waals surface area contributed by atoms with Crippen molar-refractivity contribution >= 4 is 5.78 Å². The highest BCUT2D eigenvalue weighted by Crippen LogP contribution is 2.16. The fraction of sp³-hybridized carbons (Fsp3) is 0.700. The van der Waals surface area contributed by atoms with E-state index in [-0.39, 0.29) is 5.92 Å². The summed E-state index contributed by atoms with van der Waals surface area (Å²) in [5.74, 6) is 0.545. The number of allylic oxidation sites excluding steroid dienone is 1. The van der Waals surface area contributed by atoms with E-state index in [1.807, 2.05) is 6.08 Å². The highest BCUT2D eigenvalue weighted by Gasteiger charge is 2.21. The SMILES string of the molecule is C=CCCC[C@@H]1COCCC1=O. The molecule has 1 aliphatic rings. The first kappa shape index (κ1) is 9.46. The summed E-state index contributed by atoms with van der Waals surface area (Å²) >= 11 is 0. The van der Waals surface area contributed by atoms with Gasteiger partial charge in [0.05, 0.1) is 13.2 Å². The van der Waals surface area contributed by atoms with Crippen LogP contribution >= 0.6 is 0 Å². The van der Waals surface area contributed by atoms with E-state index >= 15 is 0 Å². The summed E-state index contributed by atoms with van der Waals surface area (Å²) in [4.78, 5) is 11.3.